The summed E-state index contributed by atoms with van der Waals surface area (Å²) in [5, 5.41) is 7.60. The number of likely N-dealkylation sites (tertiary alicyclic amines) is 1. The Morgan fingerprint density at radius 2 is 1.81 bits per heavy atom. The lowest BCUT2D eigenvalue weighted by Gasteiger charge is -2.33. The topological polar surface area (TPSA) is 55.3 Å². The lowest BCUT2D eigenvalue weighted by atomic mass is 9.86. The van der Waals surface area contributed by atoms with Crippen LogP contribution in [0.4, 0.5) is 13.2 Å². The Morgan fingerprint density at radius 1 is 1.12 bits per heavy atom. The van der Waals surface area contributed by atoms with Crippen molar-refractivity contribution in [3.8, 4) is 5.88 Å². The van der Waals surface area contributed by atoms with Gasteiger partial charge in [-0.05, 0) is 36.5 Å². The zero-order valence-corrected chi connectivity index (χ0v) is 14.2. The highest BCUT2D eigenvalue weighted by atomic mass is 19.4. The van der Waals surface area contributed by atoms with Crippen LogP contribution in [0.3, 0.4) is 0 Å². The van der Waals surface area contributed by atoms with Gasteiger partial charge in [-0.15, -0.1) is 10.2 Å². The second kappa shape index (κ2) is 7.31. The first-order valence-electron chi connectivity index (χ1n) is 8.23. The molecular weight excluding hydrogens is 347 g/mol. The number of hydrogen-bond acceptors (Lipinski definition) is 4. The van der Waals surface area contributed by atoms with Gasteiger partial charge in [0.1, 0.15) is 0 Å². The fraction of sp³-hybridized carbons (Fsp3) is 0.389. The van der Waals surface area contributed by atoms with Crippen molar-refractivity contribution in [1.82, 2.24) is 15.1 Å². The summed E-state index contributed by atoms with van der Waals surface area (Å²) in [5.41, 5.74) is -0.0953. The quantitative estimate of drug-likeness (QED) is 0.835. The smallest absolute Gasteiger partial charge is 0.416 e. The van der Waals surface area contributed by atoms with Crippen LogP contribution >= 0.6 is 0 Å². The SMILES string of the molecule is COc1ccc(C(=O)N2CCC(c3ccccc3C(F)(F)F)CC2)nn1. The van der Waals surface area contributed by atoms with Gasteiger partial charge in [0, 0.05) is 19.2 Å². The Kier molecular flexibility index (Phi) is 5.11. The van der Waals surface area contributed by atoms with Gasteiger partial charge in [0.05, 0.1) is 12.7 Å². The van der Waals surface area contributed by atoms with Crippen molar-refractivity contribution in [2.45, 2.75) is 24.9 Å². The monoisotopic (exact) mass is 365 g/mol. The van der Waals surface area contributed by atoms with Gasteiger partial charge in [0.2, 0.25) is 5.88 Å². The van der Waals surface area contributed by atoms with Gasteiger partial charge in [-0.2, -0.15) is 13.2 Å². The molecule has 2 aromatic rings. The van der Waals surface area contributed by atoms with Crippen LogP contribution in [0.25, 0.3) is 0 Å². The predicted molar refractivity (Wildman–Crippen MR) is 87.9 cm³/mol. The largest absolute Gasteiger partial charge is 0.480 e. The number of benzene rings is 1. The van der Waals surface area contributed by atoms with Crippen LogP contribution in [0.1, 0.15) is 40.4 Å². The van der Waals surface area contributed by atoms with Crippen LogP contribution in [0.15, 0.2) is 36.4 Å². The van der Waals surface area contributed by atoms with Gasteiger partial charge in [-0.1, -0.05) is 18.2 Å². The van der Waals surface area contributed by atoms with Gasteiger partial charge in [0.15, 0.2) is 5.69 Å². The molecule has 0 saturated carbocycles. The third kappa shape index (κ3) is 3.79. The summed E-state index contributed by atoms with van der Waals surface area (Å²) in [5.74, 6) is -0.189. The first-order valence-corrected chi connectivity index (χ1v) is 8.23. The van der Waals surface area contributed by atoms with Crippen molar-refractivity contribution in [2.24, 2.45) is 0 Å². The van der Waals surface area contributed by atoms with Crippen LogP contribution < -0.4 is 4.74 Å². The summed E-state index contributed by atoms with van der Waals surface area (Å²) in [6.45, 7) is 0.757. The number of rotatable bonds is 3. The Morgan fingerprint density at radius 3 is 2.38 bits per heavy atom. The fourth-order valence-electron chi connectivity index (χ4n) is 3.21. The number of hydrogen-bond donors (Lipinski definition) is 0. The first kappa shape index (κ1) is 18.2. The van der Waals surface area contributed by atoms with Crippen LogP contribution in [-0.2, 0) is 6.18 Å². The normalized spacial score (nSPS) is 15.8. The number of piperidine rings is 1. The van der Waals surface area contributed by atoms with Crippen LogP contribution in [-0.4, -0.2) is 41.2 Å². The lowest BCUT2D eigenvalue weighted by molar-refractivity contribution is -0.138. The highest BCUT2D eigenvalue weighted by Crippen LogP contribution is 2.38. The predicted octanol–water partition coefficient (Wildman–Crippen LogP) is 3.52. The van der Waals surface area contributed by atoms with Gasteiger partial charge in [-0.25, -0.2) is 0 Å². The maximum absolute atomic E-state index is 13.2. The summed E-state index contributed by atoms with van der Waals surface area (Å²) in [6.07, 6.45) is -3.42. The van der Waals surface area contributed by atoms with Crippen molar-refractivity contribution in [3.63, 3.8) is 0 Å². The molecule has 0 N–H and O–H groups in total. The summed E-state index contributed by atoms with van der Waals surface area (Å²) < 4.78 is 44.5. The highest BCUT2D eigenvalue weighted by molar-refractivity contribution is 5.92. The van der Waals surface area contributed by atoms with E-state index >= 15 is 0 Å². The van der Waals surface area contributed by atoms with E-state index in [-0.39, 0.29) is 17.5 Å². The molecule has 0 bridgehead atoms. The first-order chi connectivity index (χ1) is 12.4. The third-order valence-electron chi connectivity index (χ3n) is 4.56. The van der Waals surface area contributed by atoms with E-state index < -0.39 is 11.7 Å². The Bertz CT molecular complexity index is 770. The molecule has 138 valence electrons. The average Bonchev–Trinajstić information content (AvgIpc) is 2.67. The van der Waals surface area contributed by atoms with E-state index in [0.717, 1.165) is 6.07 Å². The summed E-state index contributed by atoms with van der Waals surface area (Å²) >= 11 is 0. The van der Waals surface area contributed by atoms with Gasteiger partial charge >= 0.3 is 6.18 Å². The molecule has 0 radical (unpaired) electrons. The van der Waals surface area contributed by atoms with Gasteiger partial charge in [-0.3, -0.25) is 4.79 Å². The maximum Gasteiger partial charge on any atom is 0.416 e. The molecule has 5 nitrogen and oxygen atoms in total. The van der Waals surface area contributed by atoms with E-state index in [4.69, 9.17) is 4.74 Å². The molecule has 1 amide bonds. The molecule has 1 saturated heterocycles. The number of methoxy groups -OCH3 is 1. The molecule has 0 unspecified atom stereocenters. The fourth-order valence-corrected chi connectivity index (χ4v) is 3.21. The van der Waals surface area contributed by atoms with Crippen molar-refractivity contribution in [1.29, 1.82) is 0 Å². The molecule has 3 rings (SSSR count). The second-order valence-electron chi connectivity index (χ2n) is 6.11. The minimum atomic E-state index is -4.37. The minimum Gasteiger partial charge on any atom is -0.480 e. The van der Waals surface area contributed by atoms with Gasteiger partial charge < -0.3 is 9.64 Å². The Hall–Kier alpha value is -2.64. The number of ether oxygens (including phenoxy) is 1. The molecule has 8 heteroatoms. The highest BCUT2D eigenvalue weighted by Gasteiger charge is 2.36. The molecule has 0 atom stereocenters. The van der Waals surface area contributed by atoms with Crippen LogP contribution in [0, 0.1) is 0 Å². The number of alkyl halides is 3. The van der Waals surface area contributed by atoms with E-state index in [0.29, 0.717) is 37.4 Å². The van der Waals surface area contributed by atoms with E-state index in [1.807, 2.05) is 0 Å². The number of carbonyl (C=O) groups excluding carboxylic acids is 1. The molecule has 1 aliphatic rings. The zero-order chi connectivity index (χ0) is 18.7. The average molecular weight is 365 g/mol. The number of halogens is 3. The lowest BCUT2D eigenvalue weighted by Crippen LogP contribution is -2.38. The molecule has 0 aliphatic carbocycles. The second-order valence-corrected chi connectivity index (χ2v) is 6.11. The van der Waals surface area contributed by atoms with Crippen molar-refractivity contribution >= 4 is 5.91 Å². The molecule has 26 heavy (non-hydrogen) atoms. The molecular formula is C18H18F3N3O2. The minimum absolute atomic E-state index is 0.194. The Labute approximate surface area is 148 Å². The Balaban J connectivity index is 1.69. The summed E-state index contributed by atoms with van der Waals surface area (Å²) in [7, 11) is 1.45. The third-order valence-corrected chi connectivity index (χ3v) is 4.56. The summed E-state index contributed by atoms with van der Waals surface area (Å²) in [6, 6.07) is 8.73. The molecule has 2 heterocycles. The molecule has 0 spiro atoms. The summed E-state index contributed by atoms with van der Waals surface area (Å²) in [4.78, 5) is 14.1. The number of nitrogens with zero attached hydrogens (tertiary/aromatic N) is 3. The number of carbonyl (C=O) groups is 1. The standard InChI is InChI=1S/C18H18F3N3O2/c1-26-16-7-6-15(22-23-16)17(25)24-10-8-12(9-11-24)13-4-2-3-5-14(13)18(19,20)21/h2-7,12H,8-11H2,1H3. The molecule has 1 fully saturated rings. The molecule has 1 aliphatic heterocycles. The van der Waals surface area contributed by atoms with Crippen LogP contribution in [0.2, 0.25) is 0 Å². The van der Waals surface area contributed by atoms with E-state index in [2.05, 4.69) is 10.2 Å². The van der Waals surface area contributed by atoms with Crippen molar-refractivity contribution < 1.29 is 22.7 Å². The maximum atomic E-state index is 13.2. The van der Waals surface area contributed by atoms with Gasteiger partial charge in [0.25, 0.3) is 5.91 Å². The van der Waals surface area contributed by atoms with E-state index in [9.17, 15) is 18.0 Å². The number of amides is 1. The molecule has 1 aromatic carbocycles. The van der Waals surface area contributed by atoms with Crippen LogP contribution in [0.5, 0.6) is 5.88 Å². The van der Waals surface area contributed by atoms with E-state index in [1.54, 1.807) is 17.0 Å². The zero-order valence-electron chi connectivity index (χ0n) is 14.2. The molecule has 1 aromatic heterocycles. The van der Waals surface area contributed by atoms with Crippen molar-refractivity contribution in [3.05, 3.63) is 53.2 Å². The van der Waals surface area contributed by atoms with E-state index in [1.165, 1.54) is 25.3 Å². The van der Waals surface area contributed by atoms with Crippen molar-refractivity contribution in [2.75, 3.05) is 20.2 Å². The number of aromatic nitrogens is 2.